The van der Waals surface area contributed by atoms with Crippen molar-refractivity contribution < 1.29 is 0 Å². The molecular formula is C16H26N2. The molecule has 1 saturated heterocycles. The molecule has 2 nitrogen and oxygen atoms in total. The van der Waals surface area contributed by atoms with E-state index in [-0.39, 0.29) is 0 Å². The number of hydrogen-bond donors (Lipinski definition) is 2. The highest BCUT2D eigenvalue weighted by atomic mass is 14.9. The molecule has 1 aliphatic rings. The van der Waals surface area contributed by atoms with Crippen molar-refractivity contribution in [2.45, 2.75) is 32.6 Å². The summed E-state index contributed by atoms with van der Waals surface area (Å²) in [6.07, 6.45) is 5.23. The molecule has 0 spiro atoms. The molecular weight excluding hydrogens is 220 g/mol. The molecule has 2 heteroatoms. The van der Waals surface area contributed by atoms with Crippen molar-refractivity contribution in [2.24, 2.45) is 5.92 Å². The van der Waals surface area contributed by atoms with Crippen LogP contribution in [0.4, 0.5) is 0 Å². The molecule has 1 fully saturated rings. The van der Waals surface area contributed by atoms with Crippen LogP contribution in [-0.2, 0) is 6.42 Å². The zero-order chi connectivity index (χ0) is 12.6. The van der Waals surface area contributed by atoms with Gasteiger partial charge in [0.25, 0.3) is 0 Å². The van der Waals surface area contributed by atoms with Crippen molar-refractivity contribution in [3.63, 3.8) is 0 Å². The standard InChI is InChI=1S/C16H26N2/c1-14-5-2-3-7-16(14)9-12-17-11-8-15-6-4-10-18-13-15/h2-3,5,7,15,17-18H,4,6,8-13H2,1H3. The van der Waals surface area contributed by atoms with Crippen LogP contribution in [0.15, 0.2) is 24.3 Å². The Bertz CT molecular complexity index is 343. The number of piperidine rings is 1. The summed E-state index contributed by atoms with van der Waals surface area (Å²) in [4.78, 5) is 0. The molecule has 0 radical (unpaired) electrons. The Morgan fingerprint density at radius 2 is 2.17 bits per heavy atom. The first-order valence-corrected chi connectivity index (χ1v) is 7.32. The molecule has 18 heavy (non-hydrogen) atoms. The van der Waals surface area contributed by atoms with Crippen molar-refractivity contribution >= 4 is 0 Å². The van der Waals surface area contributed by atoms with E-state index in [9.17, 15) is 0 Å². The van der Waals surface area contributed by atoms with E-state index in [0.29, 0.717) is 0 Å². The van der Waals surface area contributed by atoms with Crippen molar-refractivity contribution in [3.05, 3.63) is 35.4 Å². The summed E-state index contributed by atoms with van der Waals surface area (Å²) in [5.41, 5.74) is 2.89. The third kappa shape index (κ3) is 4.43. The molecule has 1 heterocycles. The van der Waals surface area contributed by atoms with Gasteiger partial charge in [0.05, 0.1) is 0 Å². The first-order chi connectivity index (χ1) is 8.86. The molecule has 0 saturated carbocycles. The van der Waals surface area contributed by atoms with Gasteiger partial charge in [-0.2, -0.15) is 0 Å². The minimum atomic E-state index is 0.893. The minimum Gasteiger partial charge on any atom is -0.316 e. The van der Waals surface area contributed by atoms with Crippen LogP contribution in [0.3, 0.4) is 0 Å². The SMILES string of the molecule is Cc1ccccc1CCNCCC1CCCNC1. The average molecular weight is 246 g/mol. The number of rotatable bonds is 6. The third-order valence-electron chi connectivity index (χ3n) is 3.96. The fraction of sp³-hybridized carbons (Fsp3) is 0.625. The molecule has 1 unspecified atom stereocenters. The van der Waals surface area contributed by atoms with Crippen LogP contribution in [0.25, 0.3) is 0 Å². The third-order valence-corrected chi connectivity index (χ3v) is 3.96. The van der Waals surface area contributed by atoms with E-state index in [1.54, 1.807) is 0 Å². The molecule has 100 valence electrons. The van der Waals surface area contributed by atoms with Crippen molar-refractivity contribution in [1.29, 1.82) is 0 Å². The van der Waals surface area contributed by atoms with E-state index in [0.717, 1.165) is 25.4 Å². The molecule has 2 rings (SSSR count). The molecule has 1 atom stereocenters. The van der Waals surface area contributed by atoms with E-state index < -0.39 is 0 Å². The van der Waals surface area contributed by atoms with Gasteiger partial charge in [-0.15, -0.1) is 0 Å². The van der Waals surface area contributed by atoms with Crippen LogP contribution in [-0.4, -0.2) is 26.2 Å². The highest BCUT2D eigenvalue weighted by Gasteiger charge is 2.11. The van der Waals surface area contributed by atoms with Gasteiger partial charge in [0.15, 0.2) is 0 Å². The Labute approximate surface area is 111 Å². The summed E-state index contributed by atoms with van der Waals surface area (Å²) in [5.74, 6) is 0.893. The van der Waals surface area contributed by atoms with Crippen LogP contribution in [0, 0.1) is 12.8 Å². The van der Waals surface area contributed by atoms with Crippen LogP contribution in [0.1, 0.15) is 30.4 Å². The van der Waals surface area contributed by atoms with Crippen LogP contribution in [0.2, 0.25) is 0 Å². The number of hydrogen-bond acceptors (Lipinski definition) is 2. The maximum absolute atomic E-state index is 3.58. The van der Waals surface area contributed by atoms with Crippen molar-refractivity contribution in [1.82, 2.24) is 10.6 Å². The van der Waals surface area contributed by atoms with Crippen molar-refractivity contribution in [2.75, 3.05) is 26.2 Å². The molecule has 0 aliphatic carbocycles. The first-order valence-electron chi connectivity index (χ1n) is 7.32. The van der Waals surface area contributed by atoms with Gasteiger partial charge in [0, 0.05) is 0 Å². The summed E-state index contributed by atoms with van der Waals surface area (Å²) in [5, 5.41) is 7.06. The second-order valence-electron chi connectivity index (χ2n) is 5.43. The summed E-state index contributed by atoms with van der Waals surface area (Å²) >= 11 is 0. The molecule has 1 aliphatic heterocycles. The lowest BCUT2D eigenvalue weighted by Gasteiger charge is -2.22. The topological polar surface area (TPSA) is 24.1 Å². The average Bonchev–Trinajstić information content (AvgIpc) is 2.42. The summed E-state index contributed by atoms with van der Waals surface area (Å²) < 4.78 is 0. The van der Waals surface area contributed by atoms with E-state index in [2.05, 4.69) is 41.8 Å². The highest BCUT2D eigenvalue weighted by molar-refractivity contribution is 5.25. The van der Waals surface area contributed by atoms with Gasteiger partial charge in [-0.1, -0.05) is 24.3 Å². The van der Waals surface area contributed by atoms with E-state index in [4.69, 9.17) is 0 Å². The van der Waals surface area contributed by atoms with Gasteiger partial charge in [-0.25, -0.2) is 0 Å². The quantitative estimate of drug-likeness (QED) is 0.754. The van der Waals surface area contributed by atoms with Crippen molar-refractivity contribution in [3.8, 4) is 0 Å². The maximum atomic E-state index is 3.58. The summed E-state index contributed by atoms with van der Waals surface area (Å²) in [6.45, 7) is 6.91. The zero-order valence-electron chi connectivity index (χ0n) is 11.5. The molecule has 0 amide bonds. The van der Waals surface area contributed by atoms with Gasteiger partial charge in [-0.3, -0.25) is 0 Å². The Morgan fingerprint density at radius 3 is 2.94 bits per heavy atom. The first kappa shape index (κ1) is 13.6. The Balaban J connectivity index is 1.57. The van der Waals surface area contributed by atoms with Gasteiger partial charge in [-0.05, 0) is 75.8 Å². The van der Waals surface area contributed by atoms with Crippen LogP contribution >= 0.6 is 0 Å². The van der Waals surface area contributed by atoms with E-state index in [1.807, 2.05) is 0 Å². The molecule has 2 N–H and O–H groups in total. The molecule has 0 bridgehead atoms. The lowest BCUT2D eigenvalue weighted by atomic mass is 9.96. The smallest absolute Gasteiger partial charge is 0.000825 e. The van der Waals surface area contributed by atoms with E-state index in [1.165, 1.54) is 43.5 Å². The number of nitrogens with one attached hydrogen (secondary N) is 2. The minimum absolute atomic E-state index is 0.893. The summed E-state index contributed by atoms with van der Waals surface area (Å²) in [6, 6.07) is 8.68. The lowest BCUT2D eigenvalue weighted by Crippen LogP contribution is -2.32. The second-order valence-corrected chi connectivity index (χ2v) is 5.43. The molecule has 1 aromatic carbocycles. The lowest BCUT2D eigenvalue weighted by molar-refractivity contribution is 0.352. The maximum Gasteiger partial charge on any atom is -0.000825 e. The monoisotopic (exact) mass is 246 g/mol. The number of aryl methyl sites for hydroxylation is 1. The largest absolute Gasteiger partial charge is 0.316 e. The van der Waals surface area contributed by atoms with E-state index >= 15 is 0 Å². The highest BCUT2D eigenvalue weighted by Crippen LogP contribution is 2.13. The van der Waals surface area contributed by atoms with Gasteiger partial charge in [0.2, 0.25) is 0 Å². The normalized spacial score (nSPS) is 19.9. The molecule has 1 aromatic rings. The fourth-order valence-electron chi connectivity index (χ4n) is 2.72. The Morgan fingerprint density at radius 1 is 1.28 bits per heavy atom. The fourth-order valence-corrected chi connectivity index (χ4v) is 2.72. The predicted molar refractivity (Wildman–Crippen MR) is 78.0 cm³/mol. The van der Waals surface area contributed by atoms with Gasteiger partial charge >= 0.3 is 0 Å². The zero-order valence-corrected chi connectivity index (χ0v) is 11.5. The number of benzene rings is 1. The van der Waals surface area contributed by atoms with Crippen LogP contribution in [0.5, 0.6) is 0 Å². The van der Waals surface area contributed by atoms with Gasteiger partial charge in [0.1, 0.15) is 0 Å². The Kier molecular flexibility index (Phi) is 5.69. The second kappa shape index (κ2) is 7.55. The molecule has 0 aromatic heterocycles. The predicted octanol–water partition coefficient (Wildman–Crippen LogP) is 2.52. The van der Waals surface area contributed by atoms with Crippen LogP contribution < -0.4 is 10.6 Å². The Hall–Kier alpha value is -0.860. The van der Waals surface area contributed by atoms with Gasteiger partial charge < -0.3 is 10.6 Å². The summed E-state index contributed by atoms with van der Waals surface area (Å²) in [7, 11) is 0.